The number of hydrogen-bond donors (Lipinski definition) is 2. The molecule has 1 atom stereocenters. The van der Waals surface area contributed by atoms with Gasteiger partial charge in [-0.3, -0.25) is 9.59 Å². The van der Waals surface area contributed by atoms with Crippen molar-refractivity contribution in [3.63, 3.8) is 0 Å². The summed E-state index contributed by atoms with van der Waals surface area (Å²) >= 11 is 2.70. The highest BCUT2D eigenvalue weighted by Gasteiger charge is 2.20. The number of hydrogen-bond acceptors (Lipinski definition) is 7. The van der Waals surface area contributed by atoms with Crippen LogP contribution in [0.15, 0.2) is 34.8 Å². The minimum absolute atomic E-state index is 0.151. The highest BCUT2D eigenvalue weighted by molar-refractivity contribution is 7.99. The Morgan fingerprint density at radius 2 is 2.07 bits per heavy atom. The second kappa shape index (κ2) is 9.86. The van der Waals surface area contributed by atoms with Crippen LogP contribution in [0.1, 0.15) is 47.3 Å². The summed E-state index contributed by atoms with van der Waals surface area (Å²) in [6.45, 7) is 8.30. The molecule has 0 aliphatic rings. The quantitative estimate of drug-likeness (QED) is 0.515. The summed E-state index contributed by atoms with van der Waals surface area (Å²) in [5.41, 5.74) is 2.50. The summed E-state index contributed by atoms with van der Waals surface area (Å²) in [6.07, 6.45) is 0. The minimum Gasteiger partial charge on any atom is -0.342 e. The number of amides is 2. The smallest absolute Gasteiger partial charge is 0.251 e. The van der Waals surface area contributed by atoms with Crippen molar-refractivity contribution in [1.82, 2.24) is 25.1 Å². The Balaban J connectivity index is 1.62. The Morgan fingerprint density at radius 1 is 1.27 bits per heavy atom. The maximum Gasteiger partial charge on any atom is 0.251 e. The summed E-state index contributed by atoms with van der Waals surface area (Å²) in [4.78, 5) is 29.0. The van der Waals surface area contributed by atoms with Gasteiger partial charge in [0.15, 0.2) is 16.1 Å². The number of anilines is 1. The molecule has 2 N–H and O–H groups in total. The standard InChI is InChI=1S/C20H24N6O2S2/c1-5-26-17(14(4)22-18(28)15-8-6-7-12(2)9-15)24-25-20(26)30-11-16(27)23-19-21-13(3)10-29-19/h6-10,14H,5,11H2,1-4H3,(H,22,28)(H,21,23,27)/t14-/m0/s1. The van der Waals surface area contributed by atoms with Gasteiger partial charge in [0.25, 0.3) is 5.91 Å². The van der Waals surface area contributed by atoms with Crippen molar-refractivity contribution >= 4 is 40.0 Å². The van der Waals surface area contributed by atoms with Gasteiger partial charge in [0.2, 0.25) is 5.91 Å². The fourth-order valence-corrected chi connectivity index (χ4v) is 4.37. The van der Waals surface area contributed by atoms with E-state index >= 15 is 0 Å². The molecule has 0 fully saturated rings. The molecule has 0 saturated heterocycles. The van der Waals surface area contributed by atoms with E-state index in [9.17, 15) is 9.59 Å². The average Bonchev–Trinajstić information content (AvgIpc) is 3.31. The third kappa shape index (κ3) is 5.45. The molecule has 0 radical (unpaired) electrons. The number of carbonyl (C=O) groups excluding carboxylic acids is 2. The summed E-state index contributed by atoms with van der Waals surface area (Å²) in [6, 6.07) is 7.10. The van der Waals surface area contributed by atoms with Gasteiger partial charge in [0, 0.05) is 17.5 Å². The first kappa shape index (κ1) is 22.0. The molecule has 8 nitrogen and oxygen atoms in total. The number of thioether (sulfide) groups is 1. The van der Waals surface area contributed by atoms with E-state index in [-0.39, 0.29) is 23.6 Å². The van der Waals surface area contributed by atoms with Crippen LogP contribution in [-0.4, -0.2) is 37.3 Å². The molecule has 0 spiro atoms. The second-order valence-corrected chi connectivity index (χ2v) is 8.58. The highest BCUT2D eigenvalue weighted by Crippen LogP contribution is 2.22. The summed E-state index contributed by atoms with van der Waals surface area (Å²) < 4.78 is 1.91. The molecule has 158 valence electrons. The van der Waals surface area contributed by atoms with Crippen molar-refractivity contribution in [2.24, 2.45) is 0 Å². The number of nitrogens with zero attached hydrogens (tertiary/aromatic N) is 4. The van der Waals surface area contributed by atoms with Gasteiger partial charge in [-0.25, -0.2) is 4.98 Å². The number of carbonyl (C=O) groups is 2. The van der Waals surface area contributed by atoms with Gasteiger partial charge in [0.05, 0.1) is 17.5 Å². The number of aromatic nitrogens is 4. The van der Waals surface area contributed by atoms with E-state index in [1.165, 1.54) is 23.1 Å². The molecule has 0 aliphatic heterocycles. The van der Waals surface area contributed by atoms with Crippen LogP contribution in [0.25, 0.3) is 0 Å². The first-order valence-corrected chi connectivity index (χ1v) is 11.4. The van der Waals surface area contributed by atoms with Gasteiger partial charge < -0.3 is 15.2 Å². The molecule has 0 bridgehead atoms. The summed E-state index contributed by atoms with van der Waals surface area (Å²) in [5.74, 6) is 0.532. The van der Waals surface area contributed by atoms with Crippen LogP contribution in [0.2, 0.25) is 0 Å². The van der Waals surface area contributed by atoms with Gasteiger partial charge in [-0.1, -0.05) is 29.5 Å². The molecule has 1 aromatic carbocycles. The van der Waals surface area contributed by atoms with Crippen LogP contribution in [0.4, 0.5) is 5.13 Å². The number of benzene rings is 1. The van der Waals surface area contributed by atoms with Gasteiger partial charge in [0.1, 0.15) is 0 Å². The first-order valence-electron chi connectivity index (χ1n) is 9.52. The Kier molecular flexibility index (Phi) is 7.22. The minimum atomic E-state index is -0.327. The van der Waals surface area contributed by atoms with Crippen LogP contribution < -0.4 is 10.6 Å². The lowest BCUT2D eigenvalue weighted by Crippen LogP contribution is -2.28. The molecule has 2 aromatic heterocycles. The molecule has 2 heterocycles. The van der Waals surface area contributed by atoms with E-state index in [0.717, 1.165) is 11.3 Å². The van der Waals surface area contributed by atoms with E-state index in [4.69, 9.17) is 0 Å². The molecule has 0 saturated carbocycles. The van der Waals surface area contributed by atoms with E-state index in [0.29, 0.717) is 28.2 Å². The molecule has 0 unspecified atom stereocenters. The predicted molar refractivity (Wildman–Crippen MR) is 119 cm³/mol. The van der Waals surface area contributed by atoms with Gasteiger partial charge in [-0.2, -0.15) is 0 Å². The van der Waals surface area contributed by atoms with E-state index in [1.54, 1.807) is 6.07 Å². The van der Waals surface area contributed by atoms with Crippen LogP contribution in [0.5, 0.6) is 0 Å². The number of aryl methyl sites for hydroxylation is 2. The lowest BCUT2D eigenvalue weighted by Gasteiger charge is -2.15. The van der Waals surface area contributed by atoms with E-state index in [2.05, 4.69) is 25.8 Å². The maximum atomic E-state index is 12.5. The topological polar surface area (TPSA) is 102 Å². The third-order valence-corrected chi connectivity index (χ3v) is 6.12. The number of nitrogens with one attached hydrogen (secondary N) is 2. The predicted octanol–water partition coefficient (Wildman–Crippen LogP) is 3.59. The van der Waals surface area contributed by atoms with Crippen molar-refractivity contribution in [2.75, 3.05) is 11.1 Å². The normalized spacial score (nSPS) is 11.9. The SMILES string of the molecule is CCn1c(SCC(=O)Nc2nc(C)cs2)nnc1[C@H](C)NC(=O)c1cccc(C)c1. The Labute approximate surface area is 183 Å². The maximum absolute atomic E-state index is 12.5. The molecule has 30 heavy (non-hydrogen) atoms. The fourth-order valence-electron chi connectivity index (χ4n) is 2.85. The van der Waals surface area contributed by atoms with Crippen LogP contribution >= 0.6 is 23.1 Å². The average molecular weight is 445 g/mol. The van der Waals surface area contributed by atoms with Gasteiger partial charge in [-0.05, 0) is 39.8 Å². The van der Waals surface area contributed by atoms with Crippen LogP contribution in [0.3, 0.4) is 0 Å². The summed E-state index contributed by atoms with van der Waals surface area (Å²) in [5, 5.41) is 17.3. The molecule has 10 heteroatoms. The largest absolute Gasteiger partial charge is 0.342 e. The van der Waals surface area contributed by atoms with Crippen molar-refractivity contribution in [3.8, 4) is 0 Å². The molecular weight excluding hydrogens is 420 g/mol. The molecule has 0 aliphatic carbocycles. The van der Waals surface area contributed by atoms with Crippen LogP contribution in [0, 0.1) is 13.8 Å². The lowest BCUT2D eigenvalue weighted by atomic mass is 10.1. The monoisotopic (exact) mass is 444 g/mol. The van der Waals surface area contributed by atoms with E-state index < -0.39 is 0 Å². The Morgan fingerprint density at radius 3 is 2.73 bits per heavy atom. The van der Waals surface area contributed by atoms with E-state index in [1.807, 2.05) is 55.8 Å². The Bertz CT molecular complexity index is 1050. The zero-order valence-electron chi connectivity index (χ0n) is 17.3. The number of thiazole rings is 1. The molecule has 2 amide bonds. The van der Waals surface area contributed by atoms with Crippen molar-refractivity contribution in [2.45, 2.75) is 45.4 Å². The fraction of sp³-hybridized carbons (Fsp3) is 0.350. The number of rotatable bonds is 8. The van der Waals surface area contributed by atoms with Gasteiger partial charge in [-0.15, -0.1) is 21.5 Å². The first-order chi connectivity index (χ1) is 14.4. The lowest BCUT2D eigenvalue weighted by molar-refractivity contribution is -0.113. The van der Waals surface area contributed by atoms with Crippen molar-refractivity contribution in [1.29, 1.82) is 0 Å². The summed E-state index contributed by atoms with van der Waals surface area (Å²) in [7, 11) is 0. The van der Waals surface area contributed by atoms with Crippen LogP contribution in [-0.2, 0) is 11.3 Å². The zero-order chi connectivity index (χ0) is 21.7. The van der Waals surface area contributed by atoms with Crippen molar-refractivity contribution < 1.29 is 9.59 Å². The third-order valence-electron chi connectivity index (χ3n) is 4.27. The van der Waals surface area contributed by atoms with Gasteiger partial charge >= 0.3 is 0 Å². The molecule has 3 rings (SSSR count). The molecule has 3 aromatic rings. The van der Waals surface area contributed by atoms with Crippen molar-refractivity contribution in [3.05, 3.63) is 52.3 Å². The zero-order valence-corrected chi connectivity index (χ0v) is 18.9. The highest BCUT2D eigenvalue weighted by atomic mass is 32.2. The molecular formula is C20H24N6O2S2. The Hall–Kier alpha value is -2.72. The second-order valence-electron chi connectivity index (χ2n) is 6.78.